The lowest BCUT2D eigenvalue weighted by Gasteiger charge is -2.24. The fraction of sp³-hybridized carbons (Fsp3) is 0.304. The Morgan fingerprint density at radius 3 is 2.31 bits per heavy atom. The van der Waals surface area contributed by atoms with Gasteiger partial charge in [-0.25, -0.2) is 4.68 Å². The van der Waals surface area contributed by atoms with E-state index in [-0.39, 0.29) is 11.7 Å². The zero-order valence-corrected chi connectivity index (χ0v) is 17.1. The highest BCUT2D eigenvalue weighted by molar-refractivity contribution is 6.00. The number of hydrogen-bond acceptors (Lipinski definition) is 5. The van der Waals surface area contributed by atoms with Gasteiger partial charge in [-0.1, -0.05) is 6.07 Å². The topological polar surface area (TPSA) is 62.6 Å². The number of carbonyl (C=O) groups excluding carboxylic acids is 1. The van der Waals surface area contributed by atoms with Crippen molar-refractivity contribution in [3.05, 3.63) is 65.0 Å². The highest BCUT2D eigenvalue weighted by Gasteiger charge is 2.32. The normalized spacial score (nSPS) is 15.7. The van der Waals surface area contributed by atoms with Gasteiger partial charge in [-0.2, -0.15) is 5.10 Å². The van der Waals surface area contributed by atoms with Crippen molar-refractivity contribution in [1.82, 2.24) is 9.78 Å². The maximum absolute atomic E-state index is 13.0. The molecule has 150 valence electrons. The van der Waals surface area contributed by atoms with Crippen LogP contribution in [0.3, 0.4) is 0 Å². The van der Waals surface area contributed by atoms with Crippen molar-refractivity contribution < 1.29 is 19.0 Å². The lowest BCUT2D eigenvalue weighted by Crippen LogP contribution is -2.20. The van der Waals surface area contributed by atoms with Gasteiger partial charge in [-0.05, 0) is 61.2 Å². The van der Waals surface area contributed by atoms with Gasteiger partial charge >= 0.3 is 0 Å². The zero-order chi connectivity index (χ0) is 20.5. The van der Waals surface area contributed by atoms with Crippen LogP contribution in [-0.4, -0.2) is 36.9 Å². The number of ketones is 1. The highest BCUT2D eigenvalue weighted by atomic mass is 16.5. The number of methoxy groups -OCH3 is 3. The van der Waals surface area contributed by atoms with Gasteiger partial charge in [0.05, 0.1) is 44.0 Å². The summed E-state index contributed by atoms with van der Waals surface area (Å²) < 4.78 is 17.9. The molecule has 0 saturated heterocycles. The summed E-state index contributed by atoms with van der Waals surface area (Å²) >= 11 is 0. The summed E-state index contributed by atoms with van der Waals surface area (Å²) in [6.45, 7) is 1.90. The molecule has 4 rings (SSSR count). The average molecular weight is 392 g/mol. The highest BCUT2D eigenvalue weighted by Crippen LogP contribution is 2.38. The summed E-state index contributed by atoms with van der Waals surface area (Å²) in [7, 11) is 4.87. The van der Waals surface area contributed by atoms with Gasteiger partial charge in [0.15, 0.2) is 17.3 Å². The van der Waals surface area contributed by atoms with Crippen LogP contribution in [0.5, 0.6) is 17.2 Å². The summed E-state index contributed by atoms with van der Waals surface area (Å²) in [5.74, 6) is 2.32. The molecule has 3 aromatic rings. The van der Waals surface area contributed by atoms with E-state index in [1.165, 1.54) is 0 Å². The van der Waals surface area contributed by atoms with Crippen LogP contribution in [0.15, 0.2) is 42.5 Å². The van der Waals surface area contributed by atoms with Crippen molar-refractivity contribution in [2.45, 2.75) is 25.7 Å². The molecule has 0 unspecified atom stereocenters. The minimum atomic E-state index is 0.0582. The van der Waals surface area contributed by atoms with E-state index in [2.05, 4.69) is 5.10 Å². The Morgan fingerprint density at radius 2 is 1.66 bits per heavy atom. The number of rotatable bonds is 5. The quantitative estimate of drug-likeness (QED) is 0.654. The molecule has 6 nitrogen and oxygen atoms in total. The lowest BCUT2D eigenvalue weighted by atomic mass is 9.81. The van der Waals surface area contributed by atoms with Crippen molar-refractivity contribution in [2.24, 2.45) is 0 Å². The number of ether oxygens (including phenoxy) is 3. The number of aryl methyl sites for hydroxylation is 1. The first kappa shape index (κ1) is 19.1. The Hall–Kier alpha value is -3.28. The van der Waals surface area contributed by atoms with E-state index in [0.717, 1.165) is 40.4 Å². The molecule has 1 aromatic heterocycles. The predicted molar refractivity (Wildman–Crippen MR) is 110 cm³/mol. The predicted octanol–water partition coefficient (Wildman–Crippen LogP) is 4.12. The van der Waals surface area contributed by atoms with Crippen LogP contribution in [-0.2, 0) is 6.42 Å². The van der Waals surface area contributed by atoms with Crippen LogP contribution in [0.4, 0.5) is 0 Å². The molecule has 0 saturated carbocycles. The summed E-state index contributed by atoms with van der Waals surface area (Å²) in [6, 6.07) is 13.6. The summed E-state index contributed by atoms with van der Waals surface area (Å²) in [5.41, 5.74) is 4.44. The number of fused-ring (bicyclic) bond motifs is 1. The van der Waals surface area contributed by atoms with Crippen molar-refractivity contribution in [2.75, 3.05) is 21.3 Å². The molecule has 0 amide bonds. The van der Waals surface area contributed by atoms with Crippen LogP contribution >= 0.6 is 0 Å². The number of carbonyl (C=O) groups is 1. The third-order valence-electron chi connectivity index (χ3n) is 5.50. The molecule has 29 heavy (non-hydrogen) atoms. The van der Waals surface area contributed by atoms with E-state index < -0.39 is 0 Å². The van der Waals surface area contributed by atoms with Gasteiger partial charge in [0.1, 0.15) is 5.75 Å². The Bertz CT molecular complexity index is 1050. The Labute approximate surface area is 170 Å². The van der Waals surface area contributed by atoms with Crippen molar-refractivity contribution >= 4 is 5.78 Å². The Balaban J connectivity index is 1.74. The van der Waals surface area contributed by atoms with Crippen LogP contribution in [0.25, 0.3) is 5.69 Å². The molecule has 0 radical (unpaired) electrons. The Kier molecular flexibility index (Phi) is 5.01. The van der Waals surface area contributed by atoms with Crippen molar-refractivity contribution in [1.29, 1.82) is 0 Å². The molecule has 0 aliphatic heterocycles. The maximum atomic E-state index is 13.0. The molecule has 1 heterocycles. The summed E-state index contributed by atoms with van der Waals surface area (Å²) in [4.78, 5) is 13.0. The molecule has 0 spiro atoms. The molecule has 0 bridgehead atoms. The number of benzene rings is 2. The number of aromatic nitrogens is 2. The lowest BCUT2D eigenvalue weighted by molar-refractivity contribution is 0.0963. The third-order valence-corrected chi connectivity index (χ3v) is 5.50. The van der Waals surface area contributed by atoms with Crippen LogP contribution in [0.2, 0.25) is 0 Å². The van der Waals surface area contributed by atoms with Gasteiger partial charge in [0, 0.05) is 6.42 Å². The van der Waals surface area contributed by atoms with Gasteiger partial charge < -0.3 is 14.2 Å². The fourth-order valence-corrected chi connectivity index (χ4v) is 4.04. The largest absolute Gasteiger partial charge is 0.497 e. The smallest absolute Gasteiger partial charge is 0.167 e. The third kappa shape index (κ3) is 3.35. The van der Waals surface area contributed by atoms with Crippen LogP contribution < -0.4 is 14.2 Å². The minimum Gasteiger partial charge on any atom is -0.497 e. The molecular formula is C23H24N2O4. The van der Waals surface area contributed by atoms with Crippen LogP contribution in [0, 0.1) is 6.92 Å². The zero-order valence-electron chi connectivity index (χ0n) is 17.1. The van der Waals surface area contributed by atoms with Crippen molar-refractivity contribution in [3.63, 3.8) is 0 Å². The first-order valence-electron chi connectivity index (χ1n) is 9.53. The second kappa shape index (κ2) is 7.62. The second-order valence-corrected chi connectivity index (χ2v) is 7.16. The van der Waals surface area contributed by atoms with E-state index >= 15 is 0 Å². The number of nitrogens with zero attached hydrogens (tertiary/aromatic N) is 2. The van der Waals surface area contributed by atoms with Gasteiger partial charge in [-0.15, -0.1) is 0 Å². The molecular weight excluding hydrogens is 368 g/mol. The number of hydrogen-bond donors (Lipinski definition) is 0. The first-order valence-corrected chi connectivity index (χ1v) is 9.53. The van der Waals surface area contributed by atoms with Crippen LogP contribution in [0.1, 0.15) is 39.6 Å². The molecule has 1 aliphatic carbocycles. The van der Waals surface area contributed by atoms with Gasteiger partial charge in [0.2, 0.25) is 0 Å². The van der Waals surface area contributed by atoms with Gasteiger partial charge in [0.25, 0.3) is 0 Å². The van der Waals surface area contributed by atoms with E-state index in [4.69, 9.17) is 14.2 Å². The number of Topliss-reactive ketones (excluding diaryl/α,β-unsaturated/α-hetero) is 1. The first-order chi connectivity index (χ1) is 14.0. The Morgan fingerprint density at radius 1 is 0.931 bits per heavy atom. The summed E-state index contributed by atoms with van der Waals surface area (Å²) in [5, 5.41) is 4.67. The fourth-order valence-electron chi connectivity index (χ4n) is 4.04. The van der Waals surface area contributed by atoms with E-state index in [9.17, 15) is 4.79 Å². The van der Waals surface area contributed by atoms with E-state index in [0.29, 0.717) is 17.9 Å². The molecule has 1 atom stereocenters. The van der Waals surface area contributed by atoms with E-state index in [1.54, 1.807) is 21.3 Å². The molecule has 2 aromatic carbocycles. The van der Waals surface area contributed by atoms with Gasteiger partial charge in [-0.3, -0.25) is 4.79 Å². The standard InChI is InChI=1S/C23H24N2O4/c1-14-23-19(25(24-14)17-6-8-18(27-2)9-7-17)11-16(12-20(23)26)15-5-10-21(28-3)22(13-15)29-4/h5-10,13,16H,11-12H2,1-4H3/t16-/m0/s1. The second-order valence-electron chi connectivity index (χ2n) is 7.16. The SMILES string of the molecule is COc1ccc(-n2nc(C)c3c2C[C@H](c2ccc(OC)c(OC)c2)CC3=O)cc1. The van der Waals surface area contributed by atoms with Crippen molar-refractivity contribution in [3.8, 4) is 22.9 Å². The molecule has 0 fully saturated rings. The molecule has 1 aliphatic rings. The molecule has 0 N–H and O–H groups in total. The maximum Gasteiger partial charge on any atom is 0.167 e. The monoisotopic (exact) mass is 392 g/mol. The summed E-state index contributed by atoms with van der Waals surface area (Å²) in [6.07, 6.45) is 1.18. The molecule has 6 heteroatoms. The van der Waals surface area contributed by atoms with E-state index in [1.807, 2.05) is 54.1 Å². The minimum absolute atomic E-state index is 0.0582. The average Bonchev–Trinajstić information content (AvgIpc) is 3.10.